The van der Waals surface area contributed by atoms with Gasteiger partial charge < -0.3 is 5.10 Å². The molecule has 0 radical (unpaired) electrons. The number of rotatable bonds is 0. The number of hydrogen-bond acceptors (Lipinski definition) is 1. The van der Waals surface area contributed by atoms with Crippen molar-refractivity contribution in [1.29, 1.82) is 0 Å². The van der Waals surface area contributed by atoms with E-state index in [1.807, 2.05) is 0 Å². The molecule has 2 aromatic heterocycles. The Hall–Kier alpha value is -1.22. The van der Waals surface area contributed by atoms with Gasteiger partial charge in [0.15, 0.2) is 0 Å². The molecule has 2 rings (SSSR count). The number of H-pyrrole nitrogens is 1. The largest absolute Gasteiger partial charge is 0.301 e. The Kier molecular flexibility index (Phi) is 1.26. The van der Waals surface area contributed by atoms with Crippen molar-refractivity contribution in [1.82, 2.24) is 9.61 Å². The average Bonchev–Trinajstić information content (AvgIpc) is 2.31. The SMILES string of the molecule is O=c1cc[nH]n2cc(Cl)cc12. The molecule has 0 aromatic carbocycles. The van der Waals surface area contributed by atoms with Crippen LogP contribution in [-0.4, -0.2) is 9.61 Å². The van der Waals surface area contributed by atoms with Crippen LogP contribution in [0.25, 0.3) is 5.52 Å². The maximum absolute atomic E-state index is 11.1. The van der Waals surface area contributed by atoms with Crippen molar-refractivity contribution in [2.45, 2.75) is 0 Å². The smallest absolute Gasteiger partial charge is 0.205 e. The van der Waals surface area contributed by atoms with E-state index in [4.69, 9.17) is 11.6 Å². The fraction of sp³-hybridized carbons (Fsp3) is 0. The Morgan fingerprint density at radius 2 is 2.36 bits per heavy atom. The molecule has 0 aliphatic carbocycles. The van der Waals surface area contributed by atoms with Crippen LogP contribution >= 0.6 is 11.6 Å². The molecule has 1 N–H and O–H groups in total. The number of aromatic amines is 1. The Labute approximate surface area is 67.2 Å². The third-order valence-corrected chi connectivity index (χ3v) is 1.69. The van der Waals surface area contributed by atoms with Crippen LogP contribution in [0, 0.1) is 0 Å². The molecule has 0 bridgehead atoms. The standard InChI is InChI=1S/C7H5ClN2O/c8-5-3-6-7(11)1-2-9-10(6)4-5/h1-4,9H. The molecule has 0 saturated carbocycles. The number of nitrogens with one attached hydrogen (secondary N) is 1. The number of halogens is 1. The highest BCUT2D eigenvalue weighted by Crippen LogP contribution is 2.09. The summed E-state index contributed by atoms with van der Waals surface area (Å²) in [6, 6.07) is 3.09. The van der Waals surface area contributed by atoms with E-state index < -0.39 is 0 Å². The van der Waals surface area contributed by atoms with Crippen LogP contribution in [0.4, 0.5) is 0 Å². The third kappa shape index (κ3) is 0.935. The highest BCUT2D eigenvalue weighted by molar-refractivity contribution is 6.31. The number of fused-ring (bicyclic) bond motifs is 1. The normalized spacial score (nSPS) is 10.6. The van der Waals surface area contributed by atoms with Crippen molar-refractivity contribution in [2.24, 2.45) is 0 Å². The van der Waals surface area contributed by atoms with Gasteiger partial charge in [-0.05, 0) is 6.07 Å². The van der Waals surface area contributed by atoms with Gasteiger partial charge in [-0.25, -0.2) is 0 Å². The second kappa shape index (κ2) is 2.13. The quantitative estimate of drug-likeness (QED) is 0.632. The predicted octanol–water partition coefficient (Wildman–Crippen LogP) is 1.28. The lowest BCUT2D eigenvalue weighted by Crippen LogP contribution is -2.03. The van der Waals surface area contributed by atoms with E-state index in [0.29, 0.717) is 10.5 Å². The molecule has 11 heavy (non-hydrogen) atoms. The van der Waals surface area contributed by atoms with Gasteiger partial charge in [0.2, 0.25) is 5.43 Å². The highest BCUT2D eigenvalue weighted by atomic mass is 35.5. The molecule has 0 aliphatic rings. The van der Waals surface area contributed by atoms with Gasteiger partial charge in [0.1, 0.15) is 5.52 Å². The van der Waals surface area contributed by atoms with Crippen LogP contribution in [0.15, 0.2) is 29.3 Å². The summed E-state index contributed by atoms with van der Waals surface area (Å²) in [6.45, 7) is 0. The summed E-state index contributed by atoms with van der Waals surface area (Å²) in [5, 5.41) is 3.40. The summed E-state index contributed by atoms with van der Waals surface area (Å²) in [7, 11) is 0. The molecule has 56 valence electrons. The van der Waals surface area contributed by atoms with Crippen molar-refractivity contribution in [3.05, 3.63) is 39.8 Å². The highest BCUT2D eigenvalue weighted by Gasteiger charge is 1.98. The zero-order chi connectivity index (χ0) is 7.84. The fourth-order valence-electron chi connectivity index (χ4n) is 1.01. The minimum atomic E-state index is -0.0318. The molecule has 0 aliphatic heterocycles. The second-order valence-electron chi connectivity index (χ2n) is 2.24. The Morgan fingerprint density at radius 1 is 1.55 bits per heavy atom. The molecular formula is C7H5ClN2O. The minimum absolute atomic E-state index is 0.0318. The van der Waals surface area contributed by atoms with E-state index >= 15 is 0 Å². The van der Waals surface area contributed by atoms with Gasteiger partial charge in [-0.1, -0.05) is 11.6 Å². The van der Waals surface area contributed by atoms with E-state index in [1.54, 1.807) is 23.0 Å². The monoisotopic (exact) mass is 168 g/mol. The van der Waals surface area contributed by atoms with Gasteiger partial charge in [0, 0.05) is 18.5 Å². The summed E-state index contributed by atoms with van der Waals surface area (Å²) >= 11 is 5.68. The van der Waals surface area contributed by atoms with E-state index in [1.165, 1.54) is 6.07 Å². The molecule has 4 heteroatoms. The number of hydrogen-bond donors (Lipinski definition) is 1. The van der Waals surface area contributed by atoms with Crippen LogP contribution in [0.3, 0.4) is 0 Å². The fourth-order valence-corrected chi connectivity index (χ4v) is 1.21. The Morgan fingerprint density at radius 3 is 3.09 bits per heavy atom. The van der Waals surface area contributed by atoms with E-state index in [9.17, 15) is 4.79 Å². The zero-order valence-corrected chi connectivity index (χ0v) is 6.30. The van der Waals surface area contributed by atoms with E-state index in [0.717, 1.165) is 0 Å². The molecule has 0 fully saturated rings. The van der Waals surface area contributed by atoms with Gasteiger partial charge in [-0.2, -0.15) is 0 Å². The van der Waals surface area contributed by atoms with Gasteiger partial charge in [0.05, 0.1) is 5.02 Å². The lowest BCUT2D eigenvalue weighted by Gasteiger charge is -1.89. The van der Waals surface area contributed by atoms with Crippen LogP contribution in [-0.2, 0) is 0 Å². The van der Waals surface area contributed by atoms with Crippen molar-refractivity contribution in [3.8, 4) is 0 Å². The first-order valence-electron chi connectivity index (χ1n) is 3.13. The van der Waals surface area contributed by atoms with Gasteiger partial charge in [-0.3, -0.25) is 9.31 Å². The number of aromatic nitrogens is 2. The van der Waals surface area contributed by atoms with Crippen LogP contribution in [0.1, 0.15) is 0 Å². The predicted molar refractivity (Wildman–Crippen MR) is 43.0 cm³/mol. The molecular weight excluding hydrogens is 164 g/mol. The molecule has 3 nitrogen and oxygen atoms in total. The minimum Gasteiger partial charge on any atom is -0.301 e. The maximum atomic E-state index is 11.1. The molecule has 2 heterocycles. The average molecular weight is 169 g/mol. The molecule has 2 aromatic rings. The summed E-state index contributed by atoms with van der Waals surface area (Å²) in [4.78, 5) is 11.1. The third-order valence-electron chi connectivity index (χ3n) is 1.49. The zero-order valence-electron chi connectivity index (χ0n) is 5.54. The van der Waals surface area contributed by atoms with Gasteiger partial charge in [0.25, 0.3) is 0 Å². The van der Waals surface area contributed by atoms with Gasteiger partial charge in [-0.15, -0.1) is 0 Å². The van der Waals surface area contributed by atoms with Crippen LogP contribution < -0.4 is 5.43 Å². The van der Waals surface area contributed by atoms with E-state index in [2.05, 4.69) is 5.10 Å². The lowest BCUT2D eigenvalue weighted by molar-refractivity contribution is 0.935. The second-order valence-corrected chi connectivity index (χ2v) is 2.68. The number of nitrogens with zero attached hydrogens (tertiary/aromatic N) is 1. The first kappa shape index (κ1) is 6.49. The summed E-state index contributed by atoms with van der Waals surface area (Å²) in [6.07, 6.45) is 3.23. The van der Waals surface area contributed by atoms with Crippen molar-refractivity contribution in [3.63, 3.8) is 0 Å². The molecule has 0 amide bonds. The first-order valence-corrected chi connectivity index (χ1v) is 3.50. The van der Waals surface area contributed by atoms with E-state index in [-0.39, 0.29) is 5.43 Å². The molecule has 0 saturated heterocycles. The summed E-state index contributed by atoms with van der Waals surface area (Å²) in [5.41, 5.74) is 0.535. The summed E-state index contributed by atoms with van der Waals surface area (Å²) in [5.74, 6) is 0. The Balaban J connectivity index is 3.02. The first-order chi connectivity index (χ1) is 5.27. The maximum Gasteiger partial charge on any atom is 0.205 e. The molecule has 0 unspecified atom stereocenters. The van der Waals surface area contributed by atoms with Crippen molar-refractivity contribution >= 4 is 17.1 Å². The molecule has 0 atom stereocenters. The molecule has 0 spiro atoms. The lowest BCUT2D eigenvalue weighted by atomic mass is 10.4. The van der Waals surface area contributed by atoms with Crippen molar-refractivity contribution < 1.29 is 0 Å². The summed E-state index contributed by atoms with van der Waals surface area (Å²) < 4.78 is 1.59. The van der Waals surface area contributed by atoms with Crippen LogP contribution in [0.2, 0.25) is 5.02 Å². The van der Waals surface area contributed by atoms with Crippen molar-refractivity contribution in [2.75, 3.05) is 0 Å². The Bertz CT molecular complexity index is 443. The van der Waals surface area contributed by atoms with Gasteiger partial charge >= 0.3 is 0 Å². The van der Waals surface area contributed by atoms with Crippen LogP contribution in [0.5, 0.6) is 0 Å². The topological polar surface area (TPSA) is 37.3 Å².